The summed E-state index contributed by atoms with van der Waals surface area (Å²) in [6.45, 7) is 7.87. The molecule has 1 saturated heterocycles. The molecule has 0 spiro atoms. The van der Waals surface area contributed by atoms with Crippen LogP contribution in [0, 0.1) is 5.92 Å². The van der Waals surface area contributed by atoms with Gasteiger partial charge < -0.3 is 4.90 Å². The lowest BCUT2D eigenvalue weighted by Gasteiger charge is -2.31. The van der Waals surface area contributed by atoms with E-state index in [9.17, 15) is 4.79 Å². The van der Waals surface area contributed by atoms with Gasteiger partial charge in [0.15, 0.2) is 0 Å². The van der Waals surface area contributed by atoms with Gasteiger partial charge in [-0.15, -0.1) is 0 Å². The van der Waals surface area contributed by atoms with Gasteiger partial charge in [0.25, 0.3) is 0 Å². The van der Waals surface area contributed by atoms with Gasteiger partial charge in [-0.2, -0.15) is 0 Å². The molecule has 0 aliphatic carbocycles. The normalized spacial score (nSPS) is 19.3. The zero-order valence-electron chi connectivity index (χ0n) is 10.3. The van der Waals surface area contributed by atoms with Crippen LogP contribution in [-0.2, 0) is 4.79 Å². The van der Waals surface area contributed by atoms with Crippen LogP contribution in [0.4, 0.5) is 0 Å². The topological polar surface area (TPSA) is 20.3 Å². The van der Waals surface area contributed by atoms with Gasteiger partial charge in [0.1, 0.15) is 5.78 Å². The van der Waals surface area contributed by atoms with E-state index in [1.807, 2.05) is 6.92 Å². The molecule has 1 aliphatic heterocycles. The van der Waals surface area contributed by atoms with Crippen molar-refractivity contribution in [2.75, 3.05) is 19.6 Å². The molecule has 1 fully saturated rings. The summed E-state index contributed by atoms with van der Waals surface area (Å²) in [5.41, 5.74) is 0. The minimum absolute atomic E-state index is 0.415. The summed E-state index contributed by atoms with van der Waals surface area (Å²) in [5, 5.41) is 0. The van der Waals surface area contributed by atoms with Gasteiger partial charge in [0, 0.05) is 12.8 Å². The Labute approximate surface area is 94.0 Å². The van der Waals surface area contributed by atoms with Crippen LogP contribution in [0.5, 0.6) is 0 Å². The molecule has 0 aromatic carbocycles. The number of carbonyl (C=O) groups excluding carboxylic acids is 1. The van der Waals surface area contributed by atoms with E-state index in [2.05, 4.69) is 11.8 Å². The first kappa shape index (κ1) is 12.7. The van der Waals surface area contributed by atoms with Gasteiger partial charge in [-0.3, -0.25) is 4.79 Å². The number of piperidine rings is 1. The van der Waals surface area contributed by atoms with Crippen molar-refractivity contribution in [2.45, 2.75) is 52.4 Å². The number of ketones is 1. The Bertz CT molecular complexity index is 183. The minimum atomic E-state index is 0.415. The lowest BCUT2D eigenvalue weighted by molar-refractivity contribution is -0.118. The lowest BCUT2D eigenvalue weighted by Crippen LogP contribution is -2.34. The molecule has 0 amide bonds. The first-order chi connectivity index (χ1) is 7.26. The van der Waals surface area contributed by atoms with Gasteiger partial charge in [-0.1, -0.05) is 20.3 Å². The van der Waals surface area contributed by atoms with Crippen LogP contribution in [0.1, 0.15) is 52.4 Å². The van der Waals surface area contributed by atoms with Crippen molar-refractivity contribution in [3.8, 4) is 0 Å². The van der Waals surface area contributed by atoms with Gasteiger partial charge >= 0.3 is 0 Å². The molecule has 1 aliphatic rings. The fourth-order valence-corrected chi connectivity index (χ4v) is 2.29. The van der Waals surface area contributed by atoms with E-state index >= 15 is 0 Å². The first-order valence-corrected chi connectivity index (χ1v) is 6.50. The van der Waals surface area contributed by atoms with Crippen LogP contribution in [-0.4, -0.2) is 30.3 Å². The van der Waals surface area contributed by atoms with Crippen LogP contribution < -0.4 is 0 Å². The van der Waals surface area contributed by atoms with Crippen LogP contribution in [0.2, 0.25) is 0 Å². The van der Waals surface area contributed by atoms with Gasteiger partial charge in [0.2, 0.25) is 0 Å². The highest BCUT2D eigenvalue weighted by atomic mass is 16.1. The molecule has 2 heteroatoms. The Morgan fingerprint density at radius 3 is 2.47 bits per heavy atom. The first-order valence-electron chi connectivity index (χ1n) is 6.50. The molecular formula is C13H25NO. The van der Waals surface area contributed by atoms with Gasteiger partial charge in [-0.05, 0) is 44.8 Å². The van der Waals surface area contributed by atoms with Crippen LogP contribution >= 0.6 is 0 Å². The Kier molecular flexibility index (Phi) is 5.92. The predicted molar refractivity (Wildman–Crippen MR) is 64.0 cm³/mol. The summed E-state index contributed by atoms with van der Waals surface area (Å²) in [5.74, 6) is 1.37. The van der Waals surface area contributed by atoms with Crippen molar-refractivity contribution in [1.29, 1.82) is 0 Å². The average molecular weight is 211 g/mol. The summed E-state index contributed by atoms with van der Waals surface area (Å²) in [6.07, 6.45) is 6.60. The lowest BCUT2D eigenvalue weighted by atomic mass is 9.94. The second-order valence-electron chi connectivity index (χ2n) is 4.69. The predicted octanol–water partition coefficient (Wildman–Crippen LogP) is 2.87. The van der Waals surface area contributed by atoms with Gasteiger partial charge in [0.05, 0.1) is 0 Å². The van der Waals surface area contributed by atoms with Crippen molar-refractivity contribution in [1.82, 2.24) is 4.90 Å². The van der Waals surface area contributed by atoms with E-state index in [4.69, 9.17) is 0 Å². The Morgan fingerprint density at radius 2 is 1.93 bits per heavy atom. The highest BCUT2D eigenvalue weighted by Gasteiger charge is 2.17. The second-order valence-corrected chi connectivity index (χ2v) is 4.69. The van der Waals surface area contributed by atoms with E-state index in [0.29, 0.717) is 12.2 Å². The van der Waals surface area contributed by atoms with E-state index in [-0.39, 0.29) is 0 Å². The fraction of sp³-hybridized carbons (Fsp3) is 0.923. The number of hydrogen-bond acceptors (Lipinski definition) is 2. The largest absolute Gasteiger partial charge is 0.303 e. The molecule has 1 heterocycles. The average Bonchev–Trinajstić information content (AvgIpc) is 2.29. The number of Topliss-reactive ketones (excluding diaryl/α,β-unsaturated/α-hetero) is 1. The molecule has 0 N–H and O–H groups in total. The zero-order chi connectivity index (χ0) is 11.1. The summed E-state index contributed by atoms with van der Waals surface area (Å²) in [7, 11) is 0. The third-order valence-electron chi connectivity index (χ3n) is 3.61. The van der Waals surface area contributed by atoms with Crippen LogP contribution in [0.3, 0.4) is 0 Å². The molecule has 0 bridgehead atoms. The quantitative estimate of drug-likeness (QED) is 0.673. The maximum Gasteiger partial charge on any atom is 0.132 e. The molecule has 0 unspecified atom stereocenters. The number of likely N-dealkylation sites (tertiary alicyclic amines) is 1. The number of rotatable bonds is 6. The molecule has 0 aromatic heterocycles. The smallest absolute Gasteiger partial charge is 0.132 e. The summed E-state index contributed by atoms with van der Waals surface area (Å²) < 4.78 is 0. The van der Waals surface area contributed by atoms with Crippen molar-refractivity contribution < 1.29 is 4.79 Å². The van der Waals surface area contributed by atoms with Gasteiger partial charge in [-0.25, -0.2) is 0 Å². The van der Waals surface area contributed by atoms with Crippen molar-refractivity contribution in [3.63, 3.8) is 0 Å². The zero-order valence-corrected chi connectivity index (χ0v) is 10.3. The van der Waals surface area contributed by atoms with E-state index in [0.717, 1.165) is 25.3 Å². The SMILES string of the molecule is CCC(=O)CCCN1CCC(CC)CC1. The molecule has 1 rings (SSSR count). The second kappa shape index (κ2) is 7.00. The third kappa shape index (κ3) is 4.78. The van der Waals surface area contributed by atoms with Crippen LogP contribution in [0.25, 0.3) is 0 Å². The third-order valence-corrected chi connectivity index (χ3v) is 3.61. The summed E-state index contributed by atoms with van der Waals surface area (Å²) >= 11 is 0. The van der Waals surface area contributed by atoms with Crippen molar-refractivity contribution in [2.24, 2.45) is 5.92 Å². The Hall–Kier alpha value is -0.370. The van der Waals surface area contributed by atoms with Crippen LogP contribution in [0.15, 0.2) is 0 Å². The highest BCUT2D eigenvalue weighted by molar-refractivity contribution is 5.77. The molecule has 15 heavy (non-hydrogen) atoms. The van der Waals surface area contributed by atoms with E-state index in [1.165, 1.54) is 32.4 Å². The minimum Gasteiger partial charge on any atom is -0.303 e. The molecular weight excluding hydrogens is 186 g/mol. The molecule has 0 radical (unpaired) electrons. The molecule has 0 saturated carbocycles. The molecule has 0 atom stereocenters. The number of hydrogen-bond donors (Lipinski definition) is 0. The number of carbonyl (C=O) groups is 1. The highest BCUT2D eigenvalue weighted by Crippen LogP contribution is 2.19. The van der Waals surface area contributed by atoms with E-state index in [1.54, 1.807) is 0 Å². The molecule has 0 aromatic rings. The Balaban J connectivity index is 2.06. The Morgan fingerprint density at radius 1 is 1.27 bits per heavy atom. The molecule has 88 valence electrons. The van der Waals surface area contributed by atoms with Crippen molar-refractivity contribution >= 4 is 5.78 Å². The number of nitrogens with zero attached hydrogens (tertiary/aromatic N) is 1. The van der Waals surface area contributed by atoms with E-state index < -0.39 is 0 Å². The summed E-state index contributed by atoms with van der Waals surface area (Å²) in [6, 6.07) is 0. The maximum atomic E-state index is 11.1. The maximum absolute atomic E-state index is 11.1. The summed E-state index contributed by atoms with van der Waals surface area (Å²) in [4.78, 5) is 13.7. The molecule has 2 nitrogen and oxygen atoms in total. The fourth-order valence-electron chi connectivity index (χ4n) is 2.29. The monoisotopic (exact) mass is 211 g/mol. The van der Waals surface area contributed by atoms with Crippen molar-refractivity contribution in [3.05, 3.63) is 0 Å². The standard InChI is InChI=1S/C13H25NO/c1-3-12-7-10-14(11-8-12)9-5-6-13(15)4-2/h12H,3-11H2,1-2H3.